The number of aliphatic carboxylic acids is 2. The number of carboxylic acid groups (broad SMARTS) is 2. The number of ether oxygens (including phenoxy) is 2. The highest BCUT2D eigenvalue weighted by atomic mass is 16.5. The first-order valence-electron chi connectivity index (χ1n) is 13.3. The van der Waals surface area contributed by atoms with E-state index in [2.05, 4.69) is 21.3 Å². The van der Waals surface area contributed by atoms with Gasteiger partial charge >= 0.3 is 11.9 Å². The Morgan fingerprint density at radius 1 is 0.821 bits per heavy atom. The summed E-state index contributed by atoms with van der Waals surface area (Å²) >= 11 is 0. The first-order chi connectivity index (χ1) is 18.6. The smallest absolute Gasteiger partial charge is 0.326 e. The van der Waals surface area contributed by atoms with Crippen LogP contribution in [0.25, 0.3) is 0 Å². The molecule has 0 aromatic carbocycles. The number of carbonyl (C=O) groups is 6. The predicted octanol–water partition coefficient (Wildman–Crippen LogP) is -0.591. The number of carboxylic acids is 2. The normalized spacial score (nSPS) is 17.5. The van der Waals surface area contributed by atoms with E-state index in [-0.39, 0.29) is 101 Å². The van der Waals surface area contributed by atoms with Gasteiger partial charge in [-0.2, -0.15) is 0 Å². The standard InChI is InChI=1S/C25H42N4O10/c1-26-22(32)16-39-14-13-38-12-11-27-21(31)10-9-19(25(36)37)29-24(35)18-7-5-17(6-8-18)15-28-20(30)3-2-4-23(33)34/h17-19H,2-16H2,1H3,(H,26,32)(H,27,31)(H,28,30)(H,29,35)(H,33,34)(H,36,37). The van der Waals surface area contributed by atoms with Crippen molar-refractivity contribution in [3.63, 3.8) is 0 Å². The molecule has 1 rings (SSSR count). The van der Waals surface area contributed by atoms with Gasteiger partial charge in [-0.1, -0.05) is 0 Å². The highest BCUT2D eigenvalue weighted by Gasteiger charge is 2.29. The van der Waals surface area contributed by atoms with Crippen LogP contribution in [0.15, 0.2) is 0 Å². The third kappa shape index (κ3) is 16.3. The van der Waals surface area contributed by atoms with Gasteiger partial charge in [0.1, 0.15) is 12.6 Å². The number of carbonyl (C=O) groups excluding carboxylic acids is 4. The van der Waals surface area contributed by atoms with Gasteiger partial charge in [0.25, 0.3) is 0 Å². The second-order valence-corrected chi connectivity index (χ2v) is 9.40. The van der Waals surface area contributed by atoms with Crippen LogP contribution in [0.1, 0.15) is 57.8 Å². The lowest BCUT2D eigenvalue weighted by atomic mass is 9.81. The van der Waals surface area contributed by atoms with Crippen LogP contribution >= 0.6 is 0 Å². The molecular formula is C25H42N4O10. The summed E-state index contributed by atoms with van der Waals surface area (Å²) in [6, 6.07) is -1.18. The van der Waals surface area contributed by atoms with Gasteiger partial charge < -0.3 is 41.0 Å². The van der Waals surface area contributed by atoms with E-state index < -0.39 is 18.0 Å². The number of hydrogen-bond acceptors (Lipinski definition) is 8. The maximum atomic E-state index is 12.6. The number of likely N-dealkylation sites (N-methyl/N-ethyl adjacent to an activating group) is 1. The molecule has 39 heavy (non-hydrogen) atoms. The molecule has 14 heteroatoms. The van der Waals surface area contributed by atoms with E-state index in [1.807, 2.05) is 0 Å². The number of hydrogen-bond donors (Lipinski definition) is 6. The molecule has 0 radical (unpaired) electrons. The van der Waals surface area contributed by atoms with E-state index in [0.29, 0.717) is 32.2 Å². The summed E-state index contributed by atoms with van der Waals surface area (Å²) in [5.74, 6) is -3.43. The van der Waals surface area contributed by atoms with E-state index in [9.17, 15) is 33.9 Å². The van der Waals surface area contributed by atoms with Gasteiger partial charge in [0.15, 0.2) is 0 Å². The van der Waals surface area contributed by atoms with Gasteiger partial charge in [-0.25, -0.2) is 4.79 Å². The third-order valence-corrected chi connectivity index (χ3v) is 6.33. The lowest BCUT2D eigenvalue weighted by Gasteiger charge is -2.28. The van der Waals surface area contributed by atoms with Crippen molar-refractivity contribution in [2.75, 3.05) is 46.6 Å². The Kier molecular flexibility index (Phi) is 17.1. The summed E-state index contributed by atoms with van der Waals surface area (Å²) in [5, 5.41) is 28.5. The first-order valence-corrected chi connectivity index (χ1v) is 13.3. The molecule has 1 unspecified atom stereocenters. The minimum Gasteiger partial charge on any atom is -0.481 e. The summed E-state index contributed by atoms with van der Waals surface area (Å²) in [5.41, 5.74) is 0. The van der Waals surface area contributed by atoms with Crippen LogP contribution in [0.2, 0.25) is 0 Å². The highest BCUT2D eigenvalue weighted by Crippen LogP contribution is 2.28. The summed E-state index contributed by atoms with van der Waals surface area (Å²) in [4.78, 5) is 69.6. The first kappa shape index (κ1) is 33.8. The maximum absolute atomic E-state index is 12.6. The van der Waals surface area contributed by atoms with Gasteiger partial charge in [-0.05, 0) is 44.4 Å². The van der Waals surface area contributed by atoms with Crippen LogP contribution in [0.3, 0.4) is 0 Å². The average Bonchev–Trinajstić information content (AvgIpc) is 2.90. The van der Waals surface area contributed by atoms with Gasteiger partial charge in [0.05, 0.1) is 19.8 Å². The Hall–Kier alpha value is -3.26. The topological polar surface area (TPSA) is 209 Å². The molecule has 0 aromatic rings. The number of rotatable bonds is 20. The molecule has 0 saturated heterocycles. The van der Waals surface area contributed by atoms with E-state index in [1.54, 1.807) is 0 Å². The van der Waals surface area contributed by atoms with Crippen LogP contribution in [-0.4, -0.2) is 98.4 Å². The van der Waals surface area contributed by atoms with Crippen molar-refractivity contribution in [2.24, 2.45) is 11.8 Å². The molecule has 0 heterocycles. The number of amides is 4. The van der Waals surface area contributed by atoms with Crippen molar-refractivity contribution in [3.8, 4) is 0 Å². The van der Waals surface area contributed by atoms with Gasteiger partial charge in [-0.3, -0.25) is 24.0 Å². The Balaban J connectivity index is 2.21. The molecule has 1 aliphatic rings. The van der Waals surface area contributed by atoms with Crippen molar-refractivity contribution in [2.45, 2.75) is 63.8 Å². The highest BCUT2D eigenvalue weighted by molar-refractivity contribution is 5.85. The van der Waals surface area contributed by atoms with Gasteiger partial charge in [0.2, 0.25) is 23.6 Å². The lowest BCUT2D eigenvalue weighted by Crippen LogP contribution is -2.45. The predicted molar refractivity (Wildman–Crippen MR) is 137 cm³/mol. The van der Waals surface area contributed by atoms with E-state index in [0.717, 1.165) is 0 Å². The Morgan fingerprint density at radius 2 is 1.49 bits per heavy atom. The molecule has 1 aliphatic carbocycles. The molecular weight excluding hydrogens is 516 g/mol. The average molecular weight is 559 g/mol. The van der Waals surface area contributed by atoms with Crippen molar-refractivity contribution in [1.82, 2.24) is 21.3 Å². The zero-order valence-corrected chi connectivity index (χ0v) is 22.5. The second kappa shape index (κ2) is 19.8. The zero-order chi connectivity index (χ0) is 29.0. The van der Waals surface area contributed by atoms with Crippen molar-refractivity contribution < 1.29 is 48.5 Å². The Bertz CT molecular complexity index is 815. The minimum atomic E-state index is -1.21. The molecule has 14 nitrogen and oxygen atoms in total. The van der Waals surface area contributed by atoms with Crippen LogP contribution < -0.4 is 21.3 Å². The molecule has 0 aliphatic heterocycles. The van der Waals surface area contributed by atoms with Crippen molar-refractivity contribution in [3.05, 3.63) is 0 Å². The van der Waals surface area contributed by atoms with E-state index in [4.69, 9.17) is 14.6 Å². The van der Waals surface area contributed by atoms with Gasteiger partial charge in [0, 0.05) is 45.3 Å². The molecule has 0 bridgehead atoms. The van der Waals surface area contributed by atoms with E-state index >= 15 is 0 Å². The molecule has 1 saturated carbocycles. The molecule has 222 valence electrons. The SMILES string of the molecule is CNC(=O)COCCOCCNC(=O)CCC(NC(=O)C1CCC(CNC(=O)CCCC(=O)O)CC1)C(=O)O. The molecule has 6 N–H and O–H groups in total. The van der Waals surface area contributed by atoms with Crippen LogP contribution in [0.4, 0.5) is 0 Å². The van der Waals surface area contributed by atoms with Crippen molar-refractivity contribution in [1.29, 1.82) is 0 Å². The fraction of sp³-hybridized carbons (Fsp3) is 0.760. The minimum absolute atomic E-state index is 0.0512. The largest absolute Gasteiger partial charge is 0.481 e. The quantitative estimate of drug-likeness (QED) is 0.105. The van der Waals surface area contributed by atoms with E-state index in [1.165, 1.54) is 7.05 Å². The summed E-state index contributed by atoms with van der Waals surface area (Å²) < 4.78 is 10.4. The maximum Gasteiger partial charge on any atom is 0.326 e. The molecule has 1 atom stereocenters. The summed E-state index contributed by atoms with van der Waals surface area (Å²) in [7, 11) is 1.51. The number of nitrogens with one attached hydrogen (secondary N) is 4. The summed E-state index contributed by atoms with van der Waals surface area (Å²) in [6.45, 7) is 1.34. The zero-order valence-electron chi connectivity index (χ0n) is 22.5. The Morgan fingerprint density at radius 3 is 2.13 bits per heavy atom. The monoisotopic (exact) mass is 558 g/mol. The van der Waals surface area contributed by atoms with Crippen LogP contribution in [0.5, 0.6) is 0 Å². The van der Waals surface area contributed by atoms with Gasteiger partial charge in [-0.15, -0.1) is 0 Å². The lowest BCUT2D eigenvalue weighted by molar-refractivity contribution is -0.143. The van der Waals surface area contributed by atoms with Crippen molar-refractivity contribution >= 4 is 35.6 Å². The summed E-state index contributed by atoms with van der Waals surface area (Å²) in [6.07, 6.45) is 2.80. The fourth-order valence-corrected chi connectivity index (χ4v) is 4.01. The molecule has 0 aromatic heterocycles. The molecule has 0 spiro atoms. The molecule has 4 amide bonds. The van der Waals surface area contributed by atoms with Crippen LogP contribution in [0, 0.1) is 11.8 Å². The fourth-order valence-electron chi connectivity index (χ4n) is 4.01. The van der Waals surface area contributed by atoms with Crippen LogP contribution in [-0.2, 0) is 38.2 Å². The third-order valence-electron chi connectivity index (χ3n) is 6.33. The molecule has 1 fully saturated rings. The second-order valence-electron chi connectivity index (χ2n) is 9.40. The Labute approximate surface area is 227 Å².